The zero-order chi connectivity index (χ0) is 18.0. The smallest absolute Gasteiger partial charge is 0.243 e. The number of hydrogen-bond acceptors (Lipinski definition) is 4. The topological polar surface area (TPSA) is 64.4 Å². The summed E-state index contributed by atoms with van der Waals surface area (Å²) in [7, 11) is -3.51. The number of nitrogens with zero attached hydrogens (tertiary/aromatic N) is 3. The van der Waals surface area contributed by atoms with Gasteiger partial charge in [-0.05, 0) is 55.3 Å². The van der Waals surface area contributed by atoms with E-state index in [1.165, 1.54) is 33.3 Å². The van der Waals surface area contributed by atoms with E-state index in [0.717, 1.165) is 0 Å². The summed E-state index contributed by atoms with van der Waals surface area (Å²) < 4.78 is 27.1. The lowest BCUT2D eigenvalue weighted by Gasteiger charge is -2.36. The first kappa shape index (κ1) is 17.5. The molecule has 0 unspecified atom stereocenters. The van der Waals surface area contributed by atoms with Gasteiger partial charge in [-0.3, -0.25) is 0 Å². The second-order valence-corrected chi connectivity index (χ2v) is 8.18. The van der Waals surface area contributed by atoms with Gasteiger partial charge >= 0.3 is 0 Å². The Balaban J connectivity index is 1.75. The summed E-state index contributed by atoms with van der Waals surface area (Å²) >= 11 is 0. The molecule has 0 saturated carbocycles. The molecular weight excluding hydrogens is 334 g/mol. The predicted octanol–water partition coefficient (Wildman–Crippen LogP) is 2.69. The number of rotatable bonds is 3. The normalized spacial score (nSPS) is 15.8. The highest BCUT2D eigenvalue weighted by Crippen LogP contribution is 2.25. The lowest BCUT2D eigenvalue weighted by Crippen LogP contribution is -2.48. The molecule has 1 heterocycles. The predicted molar refractivity (Wildman–Crippen MR) is 98.0 cm³/mol. The van der Waals surface area contributed by atoms with Crippen molar-refractivity contribution in [1.29, 1.82) is 5.26 Å². The zero-order valence-corrected chi connectivity index (χ0v) is 15.3. The van der Waals surface area contributed by atoms with Gasteiger partial charge in [0.1, 0.15) is 0 Å². The van der Waals surface area contributed by atoms with E-state index in [4.69, 9.17) is 5.26 Å². The maximum Gasteiger partial charge on any atom is 0.243 e. The van der Waals surface area contributed by atoms with Gasteiger partial charge < -0.3 is 4.90 Å². The Bertz CT molecular complexity index is 907. The molecule has 25 heavy (non-hydrogen) atoms. The average molecular weight is 355 g/mol. The Kier molecular flexibility index (Phi) is 4.80. The monoisotopic (exact) mass is 355 g/mol. The lowest BCUT2D eigenvalue weighted by atomic mass is 10.1. The molecule has 0 bridgehead atoms. The van der Waals surface area contributed by atoms with Gasteiger partial charge in [-0.2, -0.15) is 9.57 Å². The zero-order valence-electron chi connectivity index (χ0n) is 14.4. The number of benzene rings is 2. The summed E-state index contributed by atoms with van der Waals surface area (Å²) in [4.78, 5) is 2.49. The Morgan fingerprint density at radius 1 is 0.960 bits per heavy atom. The summed E-state index contributed by atoms with van der Waals surface area (Å²) in [6, 6.07) is 14.3. The summed E-state index contributed by atoms with van der Waals surface area (Å²) in [6.45, 7) is 6.43. The molecule has 1 aliphatic heterocycles. The van der Waals surface area contributed by atoms with Crippen LogP contribution in [0.25, 0.3) is 0 Å². The highest BCUT2D eigenvalue weighted by Gasteiger charge is 2.29. The van der Waals surface area contributed by atoms with Crippen LogP contribution in [0.5, 0.6) is 0 Å². The molecule has 2 aromatic rings. The maximum atomic E-state index is 12.8. The van der Waals surface area contributed by atoms with Gasteiger partial charge in [0, 0.05) is 31.9 Å². The fraction of sp³-hybridized carbons (Fsp3) is 0.316. The first-order chi connectivity index (χ1) is 11.9. The third kappa shape index (κ3) is 3.39. The van der Waals surface area contributed by atoms with E-state index in [2.05, 4.69) is 30.9 Å². The van der Waals surface area contributed by atoms with E-state index in [0.29, 0.717) is 31.7 Å². The quantitative estimate of drug-likeness (QED) is 0.849. The Morgan fingerprint density at radius 3 is 2.20 bits per heavy atom. The van der Waals surface area contributed by atoms with Crippen LogP contribution in [0.3, 0.4) is 0 Å². The second kappa shape index (κ2) is 6.87. The van der Waals surface area contributed by atoms with Gasteiger partial charge in [-0.15, -0.1) is 0 Å². The second-order valence-electron chi connectivity index (χ2n) is 6.25. The van der Waals surface area contributed by atoms with Crippen molar-refractivity contribution in [3.05, 3.63) is 59.2 Å². The minimum Gasteiger partial charge on any atom is -0.369 e. The third-order valence-corrected chi connectivity index (χ3v) is 6.69. The lowest BCUT2D eigenvalue weighted by molar-refractivity contribution is 0.384. The molecule has 0 aliphatic carbocycles. The molecule has 1 saturated heterocycles. The van der Waals surface area contributed by atoms with E-state index in [1.807, 2.05) is 12.1 Å². The van der Waals surface area contributed by atoms with Crippen LogP contribution < -0.4 is 4.90 Å². The molecule has 1 aliphatic rings. The number of piperazine rings is 1. The van der Waals surface area contributed by atoms with Crippen LogP contribution >= 0.6 is 0 Å². The van der Waals surface area contributed by atoms with Crippen LogP contribution in [0.1, 0.15) is 16.7 Å². The third-order valence-electron chi connectivity index (χ3n) is 4.78. The Labute approximate surface area is 149 Å². The summed E-state index contributed by atoms with van der Waals surface area (Å²) in [5, 5.41) is 8.84. The van der Waals surface area contributed by atoms with Crippen LogP contribution in [-0.2, 0) is 10.0 Å². The molecule has 5 nitrogen and oxygen atoms in total. The van der Waals surface area contributed by atoms with Crippen molar-refractivity contribution in [2.75, 3.05) is 31.1 Å². The van der Waals surface area contributed by atoms with Gasteiger partial charge in [0.05, 0.1) is 16.5 Å². The molecule has 1 fully saturated rings. The highest BCUT2D eigenvalue weighted by molar-refractivity contribution is 7.89. The van der Waals surface area contributed by atoms with Crippen molar-refractivity contribution in [1.82, 2.24) is 4.31 Å². The van der Waals surface area contributed by atoms with Crippen LogP contribution in [0.15, 0.2) is 47.4 Å². The highest BCUT2D eigenvalue weighted by atomic mass is 32.2. The fourth-order valence-corrected chi connectivity index (χ4v) is 4.52. The van der Waals surface area contributed by atoms with Crippen LogP contribution in [-0.4, -0.2) is 38.9 Å². The summed E-state index contributed by atoms with van der Waals surface area (Å²) in [5.74, 6) is 0. The minimum atomic E-state index is -3.51. The standard InChI is InChI=1S/C19H21N3O2S/c1-15-4-3-5-19(16(15)2)21-10-12-22(13-11-21)25(23,24)18-8-6-17(14-20)7-9-18/h3-9H,10-13H2,1-2H3. The van der Waals surface area contributed by atoms with Crippen molar-refractivity contribution in [3.8, 4) is 6.07 Å². The number of aryl methyl sites for hydroxylation is 1. The Morgan fingerprint density at radius 2 is 1.60 bits per heavy atom. The van der Waals surface area contributed by atoms with Crippen molar-refractivity contribution in [3.63, 3.8) is 0 Å². The first-order valence-corrected chi connectivity index (χ1v) is 9.69. The molecule has 0 N–H and O–H groups in total. The molecule has 2 aromatic carbocycles. The van der Waals surface area contributed by atoms with E-state index >= 15 is 0 Å². The van der Waals surface area contributed by atoms with Crippen molar-refractivity contribution < 1.29 is 8.42 Å². The van der Waals surface area contributed by atoms with Crippen molar-refractivity contribution in [2.45, 2.75) is 18.7 Å². The van der Waals surface area contributed by atoms with Crippen LogP contribution in [0.2, 0.25) is 0 Å². The fourth-order valence-electron chi connectivity index (χ4n) is 3.10. The van der Waals surface area contributed by atoms with Crippen LogP contribution in [0, 0.1) is 25.2 Å². The molecule has 0 aromatic heterocycles. The molecule has 130 valence electrons. The minimum absolute atomic E-state index is 0.242. The molecule has 6 heteroatoms. The number of nitriles is 1. The number of sulfonamides is 1. The van der Waals surface area contributed by atoms with E-state index in [-0.39, 0.29) is 4.90 Å². The van der Waals surface area contributed by atoms with Crippen molar-refractivity contribution >= 4 is 15.7 Å². The largest absolute Gasteiger partial charge is 0.369 e. The first-order valence-electron chi connectivity index (χ1n) is 8.25. The van der Waals surface area contributed by atoms with E-state index in [1.54, 1.807) is 12.1 Å². The van der Waals surface area contributed by atoms with Gasteiger partial charge in [-0.1, -0.05) is 12.1 Å². The average Bonchev–Trinajstić information content (AvgIpc) is 2.64. The summed E-state index contributed by atoms with van der Waals surface area (Å²) in [5.41, 5.74) is 4.12. The molecule has 0 atom stereocenters. The Hall–Kier alpha value is -2.36. The van der Waals surface area contributed by atoms with Crippen molar-refractivity contribution in [2.24, 2.45) is 0 Å². The molecule has 0 amide bonds. The molecule has 3 rings (SSSR count). The van der Waals surface area contributed by atoms with E-state index < -0.39 is 10.0 Å². The maximum absolute atomic E-state index is 12.8. The van der Waals surface area contributed by atoms with Gasteiger partial charge in [0.15, 0.2) is 0 Å². The SMILES string of the molecule is Cc1cccc(N2CCN(S(=O)(=O)c3ccc(C#N)cc3)CC2)c1C. The molecule has 0 spiro atoms. The molecule has 0 radical (unpaired) electrons. The molecular formula is C19H21N3O2S. The van der Waals surface area contributed by atoms with E-state index in [9.17, 15) is 8.42 Å². The number of hydrogen-bond donors (Lipinski definition) is 0. The van der Waals surface area contributed by atoms with Crippen LogP contribution in [0.4, 0.5) is 5.69 Å². The van der Waals surface area contributed by atoms with Gasteiger partial charge in [0.2, 0.25) is 10.0 Å². The van der Waals surface area contributed by atoms with Gasteiger partial charge in [0.25, 0.3) is 0 Å². The number of anilines is 1. The van der Waals surface area contributed by atoms with Gasteiger partial charge in [-0.25, -0.2) is 8.42 Å². The summed E-state index contributed by atoms with van der Waals surface area (Å²) in [6.07, 6.45) is 0.